The highest BCUT2D eigenvalue weighted by Gasteiger charge is 2.20. The van der Waals surface area contributed by atoms with Gasteiger partial charge in [-0.1, -0.05) is 19.1 Å². The maximum Gasteiger partial charge on any atom is 0.0468 e. The predicted octanol–water partition coefficient (Wildman–Crippen LogP) is 4.15. The van der Waals surface area contributed by atoms with Crippen molar-refractivity contribution in [3.8, 4) is 0 Å². The van der Waals surface area contributed by atoms with Gasteiger partial charge in [0, 0.05) is 22.8 Å². The Kier molecular flexibility index (Phi) is 6.61. The maximum absolute atomic E-state index is 5.46. The first-order chi connectivity index (χ1) is 9.29. The molecule has 0 radical (unpaired) electrons. The second kappa shape index (κ2) is 8.22. The first kappa shape index (κ1) is 15.3. The fourth-order valence-electron chi connectivity index (χ4n) is 2.67. The average molecular weight is 373 g/mol. The fourth-order valence-corrected chi connectivity index (χ4v) is 3.03. The number of halogens is 1. The molecule has 106 valence electrons. The molecule has 1 aromatic rings. The van der Waals surface area contributed by atoms with E-state index in [9.17, 15) is 0 Å². The van der Waals surface area contributed by atoms with Gasteiger partial charge in [0.1, 0.15) is 0 Å². The first-order valence-electron chi connectivity index (χ1n) is 7.36. The Morgan fingerprint density at radius 3 is 2.58 bits per heavy atom. The zero-order chi connectivity index (χ0) is 13.5. The van der Waals surface area contributed by atoms with E-state index in [1.807, 2.05) is 0 Å². The largest absolute Gasteiger partial charge is 0.381 e. The highest BCUT2D eigenvalue weighted by Crippen LogP contribution is 2.28. The molecule has 2 rings (SSSR count). The second-order valence-corrected chi connectivity index (χ2v) is 6.60. The van der Waals surface area contributed by atoms with Gasteiger partial charge in [-0.15, -0.1) is 0 Å². The zero-order valence-corrected chi connectivity index (χ0v) is 13.9. The molecule has 0 amide bonds. The van der Waals surface area contributed by atoms with Crippen molar-refractivity contribution in [2.75, 3.05) is 19.8 Å². The van der Waals surface area contributed by atoms with Crippen molar-refractivity contribution in [2.45, 2.75) is 38.6 Å². The topological polar surface area (TPSA) is 21.3 Å². The molecule has 0 spiro atoms. The van der Waals surface area contributed by atoms with Crippen LogP contribution in [0.3, 0.4) is 0 Å². The molecule has 2 nitrogen and oxygen atoms in total. The number of rotatable bonds is 6. The van der Waals surface area contributed by atoms with Gasteiger partial charge in [0.05, 0.1) is 0 Å². The van der Waals surface area contributed by atoms with Crippen LogP contribution in [-0.2, 0) is 4.74 Å². The number of nitrogens with one attached hydrogen (secondary N) is 1. The van der Waals surface area contributed by atoms with E-state index in [0.717, 1.165) is 25.7 Å². The molecule has 19 heavy (non-hydrogen) atoms. The van der Waals surface area contributed by atoms with E-state index in [4.69, 9.17) is 4.74 Å². The maximum atomic E-state index is 5.46. The number of hydrogen-bond donors (Lipinski definition) is 1. The van der Waals surface area contributed by atoms with Crippen LogP contribution < -0.4 is 5.32 Å². The van der Waals surface area contributed by atoms with Crippen molar-refractivity contribution < 1.29 is 4.74 Å². The van der Waals surface area contributed by atoms with Gasteiger partial charge in [-0.2, -0.15) is 0 Å². The van der Waals surface area contributed by atoms with Crippen LogP contribution in [-0.4, -0.2) is 19.8 Å². The summed E-state index contributed by atoms with van der Waals surface area (Å²) in [6.45, 7) is 5.21. The van der Waals surface area contributed by atoms with E-state index in [1.165, 1.54) is 34.8 Å². The molecule has 1 N–H and O–H groups in total. The van der Waals surface area contributed by atoms with Crippen molar-refractivity contribution in [1.29, 1.82) is 0 Å². The Hall–Kier alpha value is -0.130. The quantitative estimate of drug-likeness (QED) is 0.757. The number of hydrogen-bond acceptors (Lipinski definition) is 2. The molecular weight excluding hydrogens is 349 g/mol. The number of ether oxygens (including phenoxy) is 1. The van der Waals surface area contributed by atoms with Crippen LogP contribution in [0.1, 0.15) is 44.2 Å². The van der Waals surface area contributed by atoms with Crippen LogP contribution in [0.25, 0.3) is 0 Å². The Labute approximate surface area is 130 Å². The monoisotopic (exact) mass is 373 g/mol. The highest BCUT2D eigenvalue weighted by molar-refractivity contribution is 14.1. The molecule has 1 unspecified atom stereocenters. The summed E-state index contributed by atoms with van der Waals surface area (Å²) in [5, 5.41) is 3.71. The van der Waals surface area contributed by atoms with Gasteiger partial charge in [-0.05, 0) is 78.4 Å². The Balaban J connectivity index is 1.99. The number of benzene rings is 1. The van der Waals surface area contributed by atoms with Gasteiger partial charge in [-0.25, -0.2) is 0 Å². The van der Waals surface area contributed by atoms with Crippen LogP contribution in [0.4, 0.5) is 0 Å². The van der Waals surface area contributed by atoms with E-state index in [1.54, 1.807) is 0 Å². The third kappa shape index (κ3) is 5.04. The summed E-state index contributed by atoms with van der Waals surface area (Å²) in [7, 11) is 0. The van der Waals surface area contributed by atoms with Crippen molar-refractivity contribution in [3.05, 3.63) is 33.4 Å². The zero-order valence-electron chi connectivity index (χ0n) is 11.7. The van der Waals surface area contributed by atoms with E-state index in [0.29, 0.717) is 6.04 Å². The van der Waals surface area contributed by atoms with Gasteiger partial charge in [0.15, 0.2) is 0 Å². The lowest BCUT2D eigenvalue weighted by molar-refractivity contribution is 0.0605. The van der Waals surface area contributed by atoms with Crippen LogP contribution in [0.5, 0.6) is 0 Å². The van der Waals surface area contributed by atoms with Crippen LogP contribution in [0.2, 0.25) is 0 Å². The first-order valence-corrected chi connectivity index (χ1v) is 8.44. The van der Waals surface area contributed by atoms with Crippen molar-refractivity contribution in [3.63, 3.8) is 0 Å². The molecule has 0 bridgehead atoms. The van der Waals surface area contributed by atoms with Crippen LogP contribution in [0, 0.1) is 9.49 Å². The summed E-state index contributed by atoms with van der Waals surface area (Å²) < 4.78 is 6.77. The summed E-state index contributed by atoms with van der Waals surface area (Å²) in [5.74, 6) is 0.808. The predicted molar refractivity (Wildman–Crippen MR) is 88.4 cm³/mol. The summed E-state index contributed by atoms with van der Waals surface area (Å²) in [6, 6.07) is 9.46. The molecule has 1 aliphatic rings. The highest BCUT2D eigenvalue weighted by atomic mass is 127. The van der Waals surface area contributed by atoms with E-state index in [2.05, 4.69) is 59.1 Å². The lowest BCUT2D eigenvalue weighted by atomic mass is 9.89. The standard InChI is InChI=1S/C16H24INO/c1-2-9-18-16(12-13-7-10-19-11-8-13)14-3-5-15(17)6-4-14/h3-6,13,16,18H,2,7-12H2,1H3. The molecule has 0 saturated carbocycles. The minimum absolute atomic E-state index is 0.500. The van der Waals surface area contributed by atoms with Gasteiger partial charge in [0.25, 0.3) is 0 Å². The third-order valence-corrected chi connectivity index (χ3v) is 4.54. The van der Waals surface area contributed by atoms with E-state index in [-0.39, 0.29) is 0 Å². The molecule has 1 heterocycles. The van der Waals surface area contributed by atoms with Crippen molar-refractivity contribution in [2.24, 2.45) is 5.92 Å². The van der Waals surface area contributed by atoms with Gasteiger partial charge in [-0.3, -0.25) is 0 Å². The minimum atomic E-state index is 0.500. The minimum Gasteiger partial charge on any atom is -0.381 e. The summed E-state index contributed by atoms with van der Waals surface area (Å²) in [5.41, 5.74) is 1.43. The van der Waals surface area contributed by atoms with Crippen molar-refractivity contribution >= 4 is 22.6 Å². The molecule has 1 fully saturated rings. The molecular formula is C16H24INO. The normalized spacial score (nSPS) is 18.4. The van der Waals surface area contributed by atoms with Crippen LogP contribution >= 0.6 is 22.6 Å². The SMILES string of the molecule is CCCNC(CC1CCOCC1)c1ccc(I)cc1. The molecule has 1 saturated heterocycles. The molecule has 0 aromatic heterocycles. The van der Waals surface area contributed by atoms with Crippen LogP contribution in [0.15, 0.2) is 24.3 Å². The Bertz CT molecular complexity index is 360. The van der Waals surface area contributed by atoms with Gasteiger partial charge < -0.3 is 10.1 Å². The summed E-state index contributed by atoms with van der Waals surface area (Å²) in [6.07, 6.45) is 4.86. The van der Waals surface area contributed by atoms with Crippen molar-refractivity contribution in [1.82, 2.24) is 5.32 Å². The average Bonchev–Trinajstić information content (AvgIpc) is 2.45. The smallest absolute Gasteiger partial charge is 0.0468 e. The summed E-state index contributed by atoms with van der Waals surface area (Å²) >= 11 is 2.37. The molecule has 1 aliphatic heterocycles. The molecule has 1 aromatic carbocycles. The van der Waals surface area contributed by atoms with E-state index >= 15 is 0 Å². The Morgan fingerprint density at radius 2 is 1.95 bits per heavy atom. The second-order valence-electron chi connectivity index (χ2n) is 5.35. The third-order valence-electron chi connectivity index (χ3n) is 3.82. The lowest BCUT2D eigenvalue weighted by Gasteiger charge is -2.27. The molecule has 1 atom stereocenters. The lowest BCUT2D eigenvalue weighted by Crippen LogP contribution is -2.27. The molecule has 3 heteroatoms. The summed E-state index contributed by atoms with van der Waals surface area (Å²) in [4.78, 5) is 0. The van der Waals surface area contributed by atoms with E-state index < -0.39 is 0 Å². The molecule has 0 aliphatic carbocycles. The van der Waals surface area contributed by atoms with Gasteiger partial charge >= 0.3 is 0 Å². The fraction of sp³-hybridized carbons (Fsp3) is 0.625. The Morgan fingerprint density at radius 1 is 1.26 bits per heavy atom. The van der Waals surface area contributed by atoms with Gasteiger partial charge in [0.2, 0.25) is 0 Å².